The molecule has 0 spiro atoms. The summed E-state index contributed by atoms with van der Waals surface area (Å²) >= 11 is 0. The third-order valence-electron chi connectivity index (χ3n) is 8.14. The number of hydrogen-bond acceptors (Lipinski definition) is 3. The zero-order valence-electron chi connectivity index (χ0n) is 24.4. The normalized spacial score (nSPS) is 13.5. The summed E-state index contributed by atoms with van der Waals surface area (Å²) in [5, 5.41) is 9.39. The minimum atomic E-state index is -0.919. The molecule has 4 heteroatoms. The molecule has 0 fully saturated rings. The topological polar surface area (TPSA) is 52.9 Å². The van der Waals surface area contributed by atoms with E-state index in [2.05, 4.69) is 122 Å². The lowest BCUT2D eigenvalue weighted by Crippen LogP contribution is -2.24. The second kappa shape index (κ2) is 11.9. The molecule has 212 valence electrons. The summed E-state index contributed by atoms with van der Waals surface area (Å²) < 4.78 is 0. The fraction of sp³-hybridized carbons (Fsp3) is 0.128. The largest absolute Gasteiger partial charge is 0.478 e. The highest BCUT2D eigenvalue weighted by molar-refractivity contribution is 6.10. The van der Waals surface area contributed by atoms with Gasteiger partial charge >= 0.3 is 5.97 Å². The molecule has 0 amide bonds. The van der Waals surface area contributed by atoms with Crippen molar-refractivity contribution in [1.82, 2.24) is 0 Å². The molecule has 0 saturated heterocycles. The molecule has 0 unspecified atom stereocenters. The van der Waals surface area contributed by atoms with Crippen LogP contribution in [0.2, 0.25) is 0 Å². The van der Waals surface area contributed by atoms with E-state index in [1.807, 2.05) is 18.2 Å². The Labute approximate surface area is 253 Å². The number of aliphatic imine (C=N–C) groups is 1. The summed E-state index contributed by atoms with van der Waals surface area (Å²) in [6, 6.07) is 43.6. The number of nitrogens with zero attached hydrogens (tertiary/aromatic N) is 2. The van der Waals surface area contributed by atoms with Gasteiger partial charge in [-0.2, -0.15) is 0 Å². The number of para-hydroxylation sites is 2. The van der Waals surface area contributed by atoms with Crippen LogP contribution in [0.3, 0.4) is 0 Å². The molecule has 1 aliphatic heterocycles. The van der Waals surface area contributed by atoms with Crippen LogP contribution in [0.5, 0.6) is 0 Å². The summed E-state index contributed by atoms with van der Waals surface area (Å²) in [4.78, 5) is 18.5. The zero-order valence-corrected chi connectivity index (χ0v) is 24.4. The average molecular weight is 563 g/mol. The Morgan fingerprint density at radius 2 is 1.23 bits per heavy atom. The van der Waals surface area contributed by atoms with Crippen molar-refractivity contribution >= 4 is 40.5 Å². The van der Waals surface area contributed by atoms with E-state index >= 15 is 0 Å². The smallest absolute Gasteiger partial charge is 0.335 e. The number of allylic oxidation sites excluding steroid dienone is 1. The van der Waals surface area contributed by atoms with Gasteiger partial charge in [0.2, 0.25) is 0 Å². The van der Waals surface area contributed by atoms with Gasteiger partial charge in [-0.15, -0.1) is 0 Å². The summed E-state index contributed by atoms with van der Waals surface area (Å²) in [5.41, 5.74) is 9.77. The fourth-order valence-corrected chi connectivity index (χ4v) is 5.59. The van der Waals surface area contributed by atoms with E-state index in [1.165, 1.54) is 11.1 Å². The molecule has 1 N–H and O–H groups in total. The second-order valence-corrected chi connectivity index (χ2v) is 11.4. The van der Waals surface area contributed by atoms with Crippen LogP contribution in [0.4, 0.5) is 22.7 Å². The van der Waals surface area contributed by atoms with Crippen LogP contribution in [0.25, 0.3) is 6.08 Å². The van der Waals surface area contributed by atoms with E-state index in [1.54, 1.807) is 18.2 Å². The van der Waals surface area contributed by atoms with Gasteiger partial charge in [0.05, 0.1) is 17.0 Å². The number of carbonyl (C=O) groups is 1. The Kier molecular flexibility index (Phi) is 7.76. The Morgan fingerprint density at radius 1 is 0.698 bits per heavy atom. The zero-order chi connectivity index (χ0) is 29.8. The van der Waals surface area contributed by atoms with Gasteiger partial charge in [0.25, 0.3) is 0 Å². The molecular weight excluding hydrogens is 528 g/mol. The van der Waals surface area contributed by atoms with Gasteiger partial charge < -0.3 is 10.0 Å². The summed E-state index contributed by atoms with van der Waals surface area (Å²) in [6.45, 7) is 4.17. The molecule has 4 nitrogen and oxygen atoms in total. The predicted octanol–water partition coefficient (Wildman–Crippen LogP) is 9.72. The molecule has 1 aliphatic rings. The van der Waals surface area contributed by atoms with Crippen molar-refractivity contribution in [2.24, 2.45) is 4.99 Å². The number of aryl methyl sites for hydroxylation is 2. The maximum absolute atomic E-state index is 11.4. The molecule has 0 saturated carbocycles. The minimum Gasteiger partial charge on any atom is -0.478 e. The van der Waals surface area contributed by atoms with Crippen LogP contribution in [0, 0.1) is 0 Å². The lowest BCUT2D eigenvalue weighted by atomic mass is 9.80. The van der Waals surface area contributed by atoms with E-state index in [0.29, 0.717) is 5.56 Å². The van der Waals surface area contributed by atoms with E-state index in [0.717, 1.165) is 52.4 Å². The first-order valence-corrected chi connectivity index (χ1v) is 14.6. The minimum absolute atomic E-state index is 0.292. The number of hydrogen-bond donors (Lipinski definition) is 1. The lowest BCUT2D eigenvalue weighted by Gasteiger charge is -2.25. The van der Waals surface area contributed by atoms with Crippen molar-refractivity contribution in [3.05, 3.63) is 161 Å². The van der Waals surface area contributed by atoms with Crippen molar-refractivity contribution in [1.29, 1.82) is 0 Å². The van der Waals surface area contributed by atoms with Crippen molar-refractivity contribution in [3.63, 3.8) is 0 Å². The Morgan fingerprint density at radius 3 is 1.79 bits per heavy atom. The summed E-state index contributed by atoms with van der Waals surface area (Å²) in [5.74, 6) is -0.919. The molecular formula is C39H34N2O2. The number of benzene rings is 5. The second-order valence-electron chi connectivity index (χ2n) is 11.4. The third kappa shape index (κ3) is 6.05. The first-order valence-electron chi connectivity index (χ1n) is 14.6. The monoisotopic (exact) mass is 562 g/mol. The summed E-state index contributed by atoms with van der Waals surface area (Å²) in [7, 11) is 0. The van der Waals surface area contributed by atoms with Gasteiger partial charge in [-0.1, -0.05) is 92.7 Å². The molecule has 0 atom stereocenters. The first-order chi connectivity index (χ1) is 20.9. The molecule has 0 radical (unpaired) electrons. The number of rotatable bonds is 9. The Hall–Kier alpha value is -5.22. The van der Waals surface area contributed by atoms with Gasteiger partial charge in [0, 0.05) is 22.5 Å². The average Bonchev–Trinajstić information content (AvgIpc) is 3.30. The quantitative estimate of drug-likeness (QED) is 0.195. The number of carboxylic acid groups (broad SMARTS) is 1. The van der Waals surface area contributed by atoms with Crippen LogP contribution in [-0.4, -0.2) is 16.8 Å². The van der Waals surface area contributed by atoms with Gasteiger partial charge in [-0.05, 0) is 95.8 Å². The predicted molar refractivity (Wildman–Crippen MR) is 178 cm³/mol. The van der Waals surface area contributed by atoms with E-state index < -0.39 is 5.97 Å². The van der Waals surface area contributed by atoms with Crippen LogP contribution < -0.4 is 4.90 Å². The first kappa shape index (κ1) is 27.9. The van der Waals surface area contributed by atoms with Gasteiger partial charge in [-0.25, -0.2) is 4.79 Å². The molecule has 5 aromatic rings. The standard InChI is InChI=1S/C39H34N2O2/c1-39(2)35-27-31(38(42)43)22-25-36(35)40-37(39)26-21-29-16-13-28(14-17-29)15-18-30-19-23-34(24-20-30)41(32-9-5-3-6-10-32)33-11-7-4-8-12-33/h3-14,16-17,19-27H,15,18H2,1-2H3,(H,42,43). The van der Waals surface area contributed by atoms with E-state index in [-0.39, 0.29) is 5.41 Å². The molecule has 5 aromatic carbocycles. The Bertz CT molecular complexity index is 1750. The van der Waals surface area contributed by atoms with Gasteiger partial charge in [-0.3, -0.25) is 4.99 Å². The van der Waals surface area contributed by atoms with Gasteiger partial charge in [0.1, 0.15) is 0 Å². The molecule has 43 heavy (non-hydrogen) atoms. The number of fused-ring (bicyclic) bond motifs is 1. The maximum atomic E-state index is 11.4. The van der Waals surface area contributed by atoms with E-state index in [4.69, 9.17) is 4.99 Å². The fourth-order valence-electron chi connectivity index (χ4n) is 5.59. The van der Waals surface area contributed by atoms with E-state index in [9.17, 15) is 9.90 Å². The molecule has 0 aliphatic carbocycles. The highest BCUT2D eigenvalue weighted by atomic mass is 16.4. The highest BCUT2D eigenvalue weighted by Gasteiger charge is 2.34. The van der Waals surface area contributed by atoms with Gasteiger partial charge in [0.15, 0.2) is 0 Å². The Balaban J connectivity index is 1.10. The molecule has 1 heterocycles. The van der Waals surface area contributed by atoms with Crippen molar-refractivity contribution in [3.8, 4) is 0 Å². The van der Waals surface area contributed by atoms with Crippen LogP contribution >= 0.6 is 0 Å². The highest BCUT2D eigenvalue weighted by Crippen LogP contribution is 2.41. The third-order valence-corrected chi connectivity index (χ3v) is 8.14. The number of aromatic carboxylic acids is 1. The lowest BCUT2D eigenvalue weighted by molar-refractivity contribution is 0.0696. The van der Waals surface area contributed by atoms with Crippen molar-refractivity contribution in [2.45, 2.75) is 32.1 Å². The van der Waals surface area contributed by atoms with Crippen LogP contribution in [0.1, 0.15) is 46.5 Å². The number of anilines is 3. The molecule has 0 aromatic heterocycles. The SMILES string of the molecule is CC1(C)C(C=Cc2ccc(CCc3ccc(N(c4ccccc4)c4ccccc4)cc3)cc2)=Nc2ccc(C(=O)O)cc21. The van der Waals surface area contributed by atoms with Crippen molar-refractivity contribution < 1.29 is 9.90 Å². The molecule has 0 bridgehead atoms. The van der Waals surface area contributed by atoms with Crippen molar-refractivity contribution in [2.75, 3.05) is 4.90 Å². The van der Waals surface area contributed by atoms with Crippen LogP contribution in [-0.2, 0) is 18.3 Å². The molecule has 6 rings (SSSR count). The maximum Gasteiger partial charge on any atom is 0.335 e. The number of carboxylic acids is 1. The summed E-state index contributed by atoms with van der Waals surface area (Å²) in [6.07, 6.45) is 6.06. The van der Waals surface area contributed by atoms with Crippen LogP contribution in [0.15, 0.2) is 138 Å².